The Bertz CT molecular complexity index is 486. The Kier molecular flexibility index (Phi) is 5.27. The van der Waals surface area contributed by atoms with Gasteiger partial charge in [-0.1, -0.05) is 29.3 Å². The molecule has 1 heterocycles. The summed E-state index contributed by atoms with van der Waals surface area (Å²) in [6.07, 6.45) is 0.354. The van der Waals surface area contributed by atoms with Crippen molar-refractivity contribution in [3.8, 4) is 0 Å². The van der Waals surface area contributed by atoms with Crippen LogP contribution in [0.25, 0.3) is 0 Å². The van der Waals surface area contributed by atoms with Crippen LogP contribution in [0.4, 0.5) is 5.69 Å². The smallest absolute Gasteiger partial charge is 0.279 e. The van der Waals surface area contributed by atoms with Gasteiger partial charge < -0.3 is 15.0 Å². The van der Waals surface area contributed by atoms with E-state index >= 15 is 0 Å². The highest BCUT2D eigenvalue weighted by Gasteiger charge is 2.27. The first-order valence-corrected chi connectivity index (χ1v) is 7.44. The molecule has 0 spiro atoms. The molecule has 3 atom stereocenters. The van der Waals surface area contributed by atoms with E-state index in [2.05, 4.69) is 5.32 Å². The number of benzene rings is 1. The van der Waals surface area contributed by atoms with Crippen molar-refractivity contribution in [3.63, 3.8) is 0 Å². The zero-order chi connectivity index (χ0) is 14.7. The van der Waals surface area contributed by atoms with Gasteiger partial charge in [-0.3, -0.25) is 4.79 Å². The highest BCUT2D eigenvalue weighted by Crippen LogP contribution is 2.29. The Morgan fingerprint density at radius 3 is 2.65 bits per heavy atom. The molecule has 0 bridgehead atoms. The monoisotopic (exact) mass is 317 g/mol. The van der Waals surface area contributed by atoms with Crippen LogP contribution in [-0.2, 0) is 9.53 Å². The van der Waals surface area contributed by atoms with Gasteiger partial charge in [0.25, 0.3) is 5.91 Å². The molecule has 0 radical (unpaired) electrons. The van der Waals surface area contributed by atoms with Gasteiger partial charge in [0, 0.05) is 0 Å². The summed E-state index contributed by atoms with van der Waals surface area (Å²) in [4.78, 5) is 13.3. The second kappa shape index (κ2) is 6.76. The molecule has 1 aliphatic heterocycles. The Hall–Kier alpha value is -0.810. The molecule has 0 aromatic heterocycles. The number of ether oxygens (including phenoxy) is 1. The average molecular weight is 318 g/mol. The van der Waals surface area contributed by atoms with Crippen LogP contribution in [0.1, 0.15) is 13.8 Å². The molecule has 1 aromatic rings. The molecule has 6 heteroatoms. The maximum atomic E-state index is 12.1. The maximum absolute atomic E-state index is 12.1. The summed E-state index contributed by atoms with van der Waals surface area (Å²) in [5.74, 6) is -0.0644. The topological polar surface area (TPSA) is 42.8 Å². The van der Waals surface area contributed by atoms with Crippen LogP contribution in [0.15, 0.2) is 18.2 Å². The van der Waals surface area contributed by atoms with Crippen molar-refractivity contribution in [2.45, 2.75) is 26.1 Å². The molecule has 20 heavy (non-hydrogen) atoms. The summed E-state index contributed by atoms with van der Waals surface area (Å²) in [5.41, 5.74) is 0.554. The van der Waals surface area contributed by atoms with Crippen molar-refractivity contribution in [3.05, 3.63) is 28.2 Å². The number of halogens is 2. The van der Waals surface area contributed by atoms with Crippen LogP contribution >= 0.6 is 23.2 Å². The van der Waals surface area contributed by atoms with E-state index in [0.29, 0.717) is 22.3 Å². The SMILES string of the molecule is C[C@@H]1C[NH+](CC(=O)Nc2cccc(Cl)c2Cl)C[C@H](C)O1. The number of morpholine rings is 1. The van der Waals surface area contributed by atoms with Gasteiger partial charge in [0.1, 0.15) is 25.3 Å². The molecular formula is C14H19Cl2N2O2+. The summed E-state index contributed by atoms with van der Waals surface area (Å²) in [7, 11) is 0. The fourth-order valence-electron chi connectivity index (χ4n) is 2.56. The number of quaternary nitrogens is 1. The summed E-state index contributed by atoms with van der Waals surface area (Å²) < 4.78 is 5.66. The highest BCUT2D eigenvalue weighted by atomic mass is 35.5. The summed E-state index contributed by atoms with van der Waals surface area (Å²) in [6, 6.07) is 5.19. The van der Waals surface area contributed by atoms with Crippen LogP contribution in [0.3, 0.4) is 0 Å². The van der Waals surface area contributed by atoms with Gasteiger partial charge in [0.05, 0.1) is 15.7 Å². The van der Waals surface area contributed by atoms with E-state index < -0.39 is 0 Å². The molecule has 1 saturated heterocycles. The van der Waals surface area contributed by atoms with Gasteiger partial charge in [-0.05, 0) is 26.0 Å². The van der Waals surface area contributed by atoms with E-state index in [-0.39, 0.29) is 18.1 Å². The van der Waals surface area contributed by atoms with Crippen LogP contribution in [-0.4, -0.2) is 37.7 Å². The number of amides is 1. The standard InChI is InChI=1S/C14H18Cl2N2O2/c1-9-6-18(7-10(2)20-9)8-13(19)17-12-5-3-4-11(15)14(12)16/h3-5,9-10H,6-8H2,1-2H3,(H,17,19)/p+1/t9-,10+. The third kappa shape index (κ3) is 4.09. The minimum absolute atomic E-state index is 0.0644. The van der Waals surface area contributed by atoms with E-state index in [1.807, 2.05) is 13.8 Å². The lowest BCUT2D eigenvalue weighted by molar-refractivity contribution is -0.907. The number of anilines is 1. The molecular weight excluding hydrogens is 299 g/mol. The second-order valence-corrected chi connectivity index (χ2v) is 6.03. The minimum atomic E-state index is -0.0644. The number of hydrogen-bond donors (Lipinski definition) is 2. The molecule has 0 aliphatic carbocycles. The van der Waals surface area contributed by atoms with Crippen LogP contribution < -0.4 is 10.2 Å². The highest BCUT2D eigenvalue weighted by molar-refractivity contribution is 6.43. The lowest BCUT2D eigenvalue weighted by atomic mass is 10.2. The van der Waals surface area contributed by atoms with E-state index in [9.17, 15) is 4.79 Å². The molecule has 110 valence electrons. The molecule has 4 nitrogen and oxygen atoms in total. The summed E-state index contributed by atoms with van der Waals surface area (Å²) in [6.45, 7) is 6.13. The predicted octanol–water partition coefficient (Wildman–Crippen LogP) is 1.62. The Morgan fingerprint density at radius 2 is 2.00 bits per heavy atom. The lowest BCUT2D eigenvalue weighted by Gasteiger charge is -2.31. The van der Waals surface area contributed by atoms with Crippen molar-refractivity contribution in [1.82, 2.24) is 0 Å². The quantitative estimate of drug-likeness (QED) is 0.889. The maximum Gasteiger partial charge on any atom is 0.279 e. The van der Waals surface area contributed by atoms with Crippen LogP contribution in [0.2, 0.25) is 10.0 Å². The van der Waals surface area contributed by atoms with Crippen molar-refractivity contribution in [1.29, 1.82) is 0 Å². The second-order valence-electron chi connectivity index (χ2n) is 5.24. The number of nitrogens with one attached hydrogen (secondary N) is 2. The lowest BCUT2D eigenvalue weighted by Crippen LogP contribution is -3.16. The Labute approximate surface area is 129 Å². The van der Waals surface area contributed by atoms with E-state index in [1.165, 1.54) is 4.90 Å². The Balaban J connectivity index is 1.94. The van der Waals surface area contributed by atoms with Gasteiger partial charge in [-0.15, -0.1) is 0 Å². The number of carbonyl (C=O) groups excluding carboxylic acids is 1. The third-order valence-corrected chi connectivity index (χ3v) is 4.07. The average Bonchev–Trinajstić information content (AvgIpc) is 2.33. The van der Waals surface area contributed by atoms with Crippen molar-refractivity contribution >= 4 is 34.8 Å². The largest absolute Gasteiger partial charge is 0.364 e. The van der Waals surface area contributed by atoms with Crippen molar-refractivity contribution < 1.29 is 14.4 Å². The van der Waals surface area contributed by atoms with Crippen LogP contribution in [0, 0.1) is 0 Å². The predicted molar refractivity (Wildman–Crippen MR) is 80.7 cm³/mol. The fraction of sp³-hybridized carbons (Fsp3) is 0.500. The van der Waals surface area contributed by atoms with Gasteiger partial charge in [0.2, 0.25) is 0 Å². The molecule has 1 aromatic carbocycles. The third-order valence-electron chi connectivity index (χ3n) is 3.25. The molecule has 2 rings (SSSR count). The van der Waals surface area contributed by atoms with Gasteiger partial charge >= 0.3 is 0 Å². The normalized spacial score (nSPS) is 26.3. The first-order chi connectivity index (χ1) is 9.45. The molecule has 1 fully saturated rings. The summed E-state index contributed by atoms with van der Waals surface area (Å²) in [5, 5.41) is 3.62. The number of carbonyl (C=O) groups is 1. The first kappa shape index (κ1) is 15.6. The van der Waals surface area contributed by atoms with Crippen molar-refractivity contribution in [2.24, 2.45) is 0 Å². The zero-order valence-electron chi connectivity index (χ0n) is 11.6. The number of hydrogen-bond acceptors (Lipinski definition) is 2. The van der Waals surface area contributed by atoms with Gasteiger partial charge in [-0.25, -0.2) is 0 Å². The first-order valence-electron chi connectivity index (χ1n) is 6.68. The molecule has 1 amide bonds. The Morgan fingerprint density at radius 1 is 1.35 bits per heavy atom. The fourth-order valence-corrected chi connectivity index (χ4v) is 2.90. The minimum Gasteiger partial charge on any atom is -0.364 e. The molecule has 0 saturated carbocycles. The van der Waals surface area contributed by atoms with Gasteiger partial charge in [-0.2, -0.15) is 0 Å². The van der Waals surface area contributed by atoms with E-state index in [0.717, 1.165) is 13.1 Å². The summed E-state index contributed by atoms with van der Waals surface area (Å²) >= 11 is 12.0. The molecule has 2 N–H and O–H groups in total. The zero-order valence-corrected chi connectivity index (χ0v) is 13.1. The van der Waals surface area contributed by atoms with Crippen molar-refractivity contribution in [2.75, 3.05) is 25.0 Å². The molecule has 1 aliphatic rings. The van der Waals surface area contributed by atoms with E-state index in [4.69, 9.17) is 27.9 Å². The number of rotatable bonds is 3. The molecule has 1 unspecified atom stereocenters. The van der Waals surface area contributed by atoms with Gasteiger partial charge in [0.15, 0.2) is 6.54 Å². The van der Waals surface area contributed by atoms with Crippen LogP contribution in [0.5, 0.6) is 0 Å². The van der Waals surface area contributed by atoms with E-state index in [1.54, 1.807) is 18.2 Å².